The molecule has 0 unspecified atom stereocenters. The second-order valence-corrected chi connectivity index (χ2v) is 4.41. The molecule has 0 radical (unpaired) electrons. The van der Waals surface area contributed by atoms with Gasteiger partial charge in [0.15, 0.2) is 5.82 Å². The van der Waals surface area contributed by atoms with Crippen LogP contribution in [0.1, 0.15) is 0 Å². The predicted molar refractivity (Wildman–Crippen MR) is 68.7 cm³/mol. The van der Waals surface area contributed by atoms with E-state index in [-0.39, 0.29) is 0 Å². The second-order valence-electron chi connectivity index (χ2n) is 3.16. The topological polar surface area (TPSA) is 42.7 Å². The first-order valence-electron chi connectivity index (χ1n) is 4.55. The highest BCUT2D eigenvalue weighted by Gasteiger charge is 2.08. The van der Waals surface area contributed by atoms with Crippen molar-refractivity contribution in [1.29, 1.82) is 0 Å². The van der Waals surface area contributed by atoms with Gasteiger partial charge in [-0.15, -0.1) is 10.2 Å². The molecule has 2 rings (SSSR count). The molecule has 1 N–H and O–H groups in total. The minimum absolute atomic E-state index is 0.767. The number of nitrogens with zero attached hydrogens (tertiary/aromatic N) is 3. The number of anilines is 1. The normalized spacial score (nSPS) is 10.3. The summed E-state index contributed by atoms with van der Waals surface area (Å²) in [5.74, 6) is 1.64. The summed E-state index contributed by atoms with van der Waals surface area (Å²) in [5, 5.41) is 11.2. The summed E-state index contributed by atoms with van der Waals surface area (Å²) in [5.41, 5.74) is 1.08. The largest absolute Gasteiger partial charge is 0.357 e. The fraction of sp³-hybridized carbons (Fsp3) is 0.200. The number of hydrogen-bond donors (Lipinski definition) is 1. The molecular formula is C10H11IN4. The summed E-state index contributed by atoms with van der Waals surface area (Å²) in [4.78, 5) is 0. The molecule has 15 heavy (non-hydrogen) atoms. The van der Waals surface area contributed by atoms with Gasteiger partial charge in [0.2, 0.25) is 5.95 Å². The highest BCUT2D eigenvalue weighted by molar-refractivity contribution is 14.1. The molecule has 5 heteroatoms. The summed E-state index contributed by atoms with van der Waals surface area (Å²) in [6.45, 7) is 0. The molecular weight excluding hydrogens is 303 g/mol. The van der Waals surface area contributed by atoms with Crippen LogP contribution in [-0.2, 0) is 7.05 Å². The Bertz CT molecular complexity index is 461. The maximum Gasteiger partial charge on any atom is 0.224 e. The van der Waals surface area contributed by atoms with Crippen molar-refractivity contribution in [3.8, 4) is 11.4 Å². The molecule has 0 atom stereocenters. The minimum Gasteiger partial charge on any atom is -0.357 e. The molecule has 0 aliphatic rings. The molecule has 0 spiro atoms. The molecule has 4 nitrogen and oxygen atoms in total. The third-order valence-electron chi connectivity index (χ3n) is 2.20. The van der Waals surface area contributed by atoms with Crippen LogP contribution in [0.15, 0.2) is 24.3 Å². The zero-order chi connectivity index (χ0) is 10.8. The number of rotatable bonds is 2. The van der Waals surface area contributed by atoms with Gasteiger partial charge in [-0.25, -0.2) is 0 Å². The third kappa shape index (κ3) is 1.97. The lowest BCUT2D eigenvalue weighted by Crippen LogP contribution is -1.99. The molecule has 2 aromatic rings. The lowest BCUT2D eigenvalue weighted by atomic mass is 10.2. The van der Waals surface area contributed by atoms with Crippen molar-refractivity contribution >= 4 is 28.5 Å². The van der Waals surface area contributed by atoms with Gasteiger partial charge in [0.05, 0.1) is 0 Å². The van der Waals surface area contributed by atoms with E-state index < -0.39 is 0 Å². The van der Waals surface area contributed by atoms with E-state index in [1.54, 1.807) is 0 Å². The molecule has 1 heterocycles. The van der Waals surface area contributed by atoms with E-state index in [1.165, 1.54) is 3.57 Å². The first-order chi connectivity index (χ1) is 7.22. The monoisotopic (exact) mass is 314 g/mol. The van der Waals surface area contributed by atoms with Crippen LogP contribution in [0.5, 0.6) is 0 Å². The summed E-state index contributed by atoms with van der Waals surface area (Å²) in [6.07, 6.45) is 0. The molecule has 1 aromatic carbocycles. The fourth-order valence-corrected chi connectivity index (χ4v) is 1.76. The average molecular weight is 314 g/mol. The maximum absolute atomic E-state index is 4.13. The van der Waals surface area contributed by atoms with Crippen LogP contribution in [0.4, 0.5) is 5.95 Å². The van der Waals surface area contributed by atoms with Gasteiger partial charge in [-0.05, 0) is 34.7 Å². The molecule has 0 aliphatic heterocycles. The first kappa shape index (κ1) is 10.4. The number of nitrogens with one attached hydrogen (secondary N) is 1. The summed E-state index contributed by atoms with van der Waals surface area (Å²) in [7, 11) is 3.78. The van der Waals surface area contributed by atoms with E-state index in [4.69, 9.17) is 0 Å². The van der Waals surface area contributed by atoms with E-state index in [0.717, 1.165) is 17.3 Å². The molecule has 0 saturated heterocycles. The van der Waals surface area contributed by atoms with Crippen molar-refractivity contribution in [2.24, 2.45) is 7.05 Å². The molecule has 1 aromatic heterocycles. The van der Waals surface area contributed by atoms with Gasteiger partial charge in [-0.3, -0.25) is 4.57 Å². The second kappa shape index (κ2) is 4.18. The lowest BCUT2D eigenvalue weighted by Gasteiger charge is -2.02. The van der Waals surface area contributed by atoms with E-state index in [0.29, 0.717) is 0 Å². The van der Waals surface area contributed by atoms with Crippen LogP contribution in [0.3, 0.4) is 0 Å². The molecule has 0 fully saturated rings. The predicted octanol–water partition coefficient (Wildman–Crippen LogP) is 2.13. The number of halogens is 1. The van der Waals surface area contributed by atoms with Crippen molar-refractivity contribution in [2.45, 2.75) is 0 Å². The first-order valence-corrected chi connectivity index (χ1v) is 5.63. The van der Waals surface area contributed by atoms with Crippen molar-refractivity contribution < 1.29 is 0 Å². The van der Waals surface area contributed by atoms with Crippen LogP contribution < -0.4 is 5.32 Å². The number of hydrogen-bond acceptors (Lipinski definition) is 3. The molecule has 0 amide bonds. The highest BCUT2D eigenvalue weighted by Crippen LogP contribution is 2.19. The van der Waals surface area contributed by atoms with Crippen molar-refractivity contribution in [3.05, 3.63) is 27.8 Å². The summed E-state index contributed by atoms with van der Waals surface area (Å²) in [6, 6.07) is 8.21. The van der Waals surface area contributed by atoms with Gasteiger partial charge in [-0.1, -0.05) is 12.1 Å². The Morgan fingerprint density at radius 3 is 2.40 bits per heavy atom. The lowest BCUT2D eigenvalue weighted by molar-refractivity contribution is 0.925. The number of benzene rings is 1. The van der Waals surface area contributed by atoms with Gasteiger partial charge < -0.3 is 5.32 Å². The average Bonchev–Trinajstić information content (AvgIpc) is 2.61. The Morgan fingerprint density at radius 1 is 1.20 bits per heavy atom. The number of aromatic nitrogens is 3. The van der Waals surface area contributed by atoms with Crippen LogP contribution >= 0.6 is 22.6 Å². The molecule has 0 bridgehead atoms. The smallest absolute Gasteiger partial charge is 0.224 e. The zero-order valence-electron chi connectivity index (χ0n) is 8.53. The van der Waals surface area contributed by atoms with Crippen LogP contribution in [0, 0.1) is 3.57 Å². The van der Waals surface area contributed by atoms with Crippen molar-refractivity contribution in [1.82, 2.24) is 14.8 Å². The molecule has 0 aliphatic carbocycles. The van der Waals surface area contributed by atoms with Crippen LogP contribution in [0.2, 0.25) is 0 Å². The van der Waals surface area contributed by atoms with Gasteiger partial charge in [0.1, 0.15) is 0 Å². The zero-order valence-corrected chi connectivity index (χ0v) is 10.7. The van der Waals surface area contributed by atoms with E-state index >= 15 is 0 Å². The van der Waals surface area contributed by atoms with Crippen molar-refractivity contribution in [3.63, 3.8) is 0 Å². The standard InChI is InChI=1S/C10H11IN4/c1-12-10-14-13-9(15(10)2)7-3-5-8(11)6-4-7/h3-6H,1-2H3,(H,12,14). The Balaban J connectivity index is 2.45. The van der Waals surface area contributed by atoms with E-state index in [2.05, 4.69) is 50.2 Å². The fourth-order valence-electron chi connectivity index (χ4n) is 1.40. The summed E-state index contributed by atoms with van der Waals surface area (Å²) < 4.78 is 3.15. The van der Waals surface area contributed by atoms with Crippen molar-refractivity contribution in [2.75, 3.05) is 12.4 Å². The Hall–Kier alpha value is -1.11. The Labute approximate surface area is 102 Å². The van der Waals surface area contributed by atoms with E-state index in [9.17, 15) is 0 Å². The van der Waals surface area contributed by atoms with Gasteiger partial charge in [0, 0.05) is 23.2 Å². The quantitative estimate of drug-likeness (QED) is 0.864. The molecule has 78 valence electrons. The van der Waals surface area contributed by atoms with Gasteiger partial charge in [-0.2, -0.15) is 0 Å². The Morgan fingerprint density at radius 2 is 1.87 bits per heavy atom. The third-order valence-corrected chi connectivity index (χ3v) is 2.92. The maximum atomic E-state index is 4.13. The highest BCUT2D eigenvalue weighted by atomic mass is 127. The Kier molecular flexibility index (Phi) is 2.90. The van der Waals surface area contributed by atoms with Gasteiger partial charge in [0.25, 0.3) is 0 Å². The SMILES string of the molecule is CNc1nnc(-c2ccc(I)cc2)n1C. The van der Waals surface area contributed by atoms with Crippen LogP contribution in [0.25, 0.3) is 11.4 Å². The van der Waals surface area contributed by atoms with Crippen LogP contribution in [-0.4, -0.2) is 21.8 Å². The van der Waals surface area contributed by atoms with Gasteiger partial charge >= 0.3 is 0 Å². The summed E-state index contributed by atoms with van der Waals surface area (Å²) >= 11 is 2.28. The molecule has 0 saturated carbocycles. The minimum atomic E-state index is 0.767. The van der Waals surface area contributed by atoms with E-state index in [1.807, 2.05) is 30.8 Å².